The molecule has 0 rings (SSSR count). The fourth-order valence-electron chi connectivity index (χ4n) is 0.415. The van der Waals surface area contributed by atoms with Crippen molar-refractivity contribution in [2.45, 2.75) is 14.9 Å². The molecule has 0 heterocycles. The van der Waals surface area contributed by atoms with Gasteiger partial charge in [0.1, 0.15) is 0 Å². The van der Waals surface area contributed by atoms with Gasteiger partial charge in [-0.3, -0.25) is 9.09 Å². The van der Waals surface area contributed by atoms with E-state index in [0.717, 1.165) is 0 Å². The quantitative estimate of drug-likeness (QED) is 0.424. The molecular formula is C8H22NO6P. The van der Waals surface area contributed by atoms with E-state index in [0.29, 0.717) is 0 Å². The average Bonchev–Trinajstić information content (AvgIpc) is 1.97. The summed E-state index contributed by atoms with van der Waals surface area (Å²) in [6.07, 6.45) is 0. The molecule has 16 heavy (non-hydrogen) atoms. The first-order valence-corrected chi connectivity index (χ1v) is 5.21. The van der Waals surface area contributed by atoms with Gasteiger partial charge >= 0.3 is 5.97 Å². The van der Waals surface area contributed by atoms with Gasteiger partial charge in [0.15, 0.2) is 13.3 Å². The second kappa shape index (κ2) is 7.76. The second-order valence-corrected chi connectivity index (χ2v) is 5.07. The van der Waals surface area contributed by atoms with E-state index in [-0.39, 0.29) is 26.1 Å². The van der Waals surface area contributed by atoms with E-state index in [1.165, 1.54) is 0 Å². The van der Waals surface area contributed by atoms with E-state index >= 15 is 0 Å². The molecule has 0 saturated heterocycles. The summed E-state index contributed by atoms with van der Waals surface area (Å²) in [6.45, 7) is -1.03. The van der Waals surface area contributed by atoms with Crippen LogP contribution in [-0.2, 0) is 18.4 Å². The standard InChI is InChI=1S/C6H14NO6P.2CH4/c1-7(2,3)5-13-14(10,11)12-4-6(8)9;;/h4-5H2,1-3H3,(H-,8,9,10,11);2*1H4. The first-order chi connectivity index (χ1) is 6.12. The Morgan fingerprint density at radius 1 is 1.31 bits per heavy atom. The zero-order valence-corrected chi connectivity index (χ0v) is 9.19. The minimum Gasteiger partial charge on any atom is -0.756 e. The highest BCUT2D eigenvalue weighted by Crippen LogP contribution is 2.38. The van der Waals surface area contributed by atoms with Crippen LogP contribution in [0.3, 0.4) is 0 Å². The summed E-state index contributed by atoms with van der Waals surface area (Å²) in [4.78, 5) is 20.9. The molecule has 0 amide bonds. The molecule has 0 aliphatic heterocycles. The zero-order valence-electron chi connectivity index (χ0n) is 8.30. The first-order valence-electron chi connectivity index (χ1n) is 3.75. The van der Waals surface area contributed by atoms with Gasteiger partial charge in [0.2, 0.25) is 0 Å². The lowest BCUT2D eigenvalue weighted by atomic mass is 10.7. The van der Waals surface area contributed by atoms with Crippen molar-refractivity contribution in [2.75, 3.05) is 34.5 Å². The number of hydrogen-bond acceptors (Lipinski definition) is 5. The third-order valence-electron chi connectivity index (χ3n) is 0.949. The van der Waals surface area contributed by atoms with Gasteiger partial charge in [-0.25, -0.2) is 4.79 Å². The van der Waals surface area contributed by atoms with Crippen molar-refractivity contribution in [3.8, 4) is 0 Å². The number of phosphoric ester groups is 1. The third-order valence-corrected chi connectivity index (χ3v) is 1.83. The SMILES string of the molecule is C.C.C[N+](C)(C)COP(=O)([O-])OCC(=O)O. The van der Waals surface area contributed by atoms with Crippen LogP contribution in [0.5, 0.6) is 0 Å². The number of phosphoric acid groups is 1. The first kappa shape index (κ1) is 20.9. The summed E-state index contributed by atoms with van der Waals surface area (Å²) in [7, 11) is 0.669. The van der Waals surface area contributed by atoms with Gasteiger partial charge in [-0.2, -0.15) is 0 Å². The van der Waals surface area contributed by atoms with Crippen LogP contribution in [-0.4, -0.2) is 50.0 Å². The molecule has 0 bridgehead atoms. The summed E-state index contributed by atoms with van der Waals surface area (Å²) >= 11 is 0. The predicted octanol–water partition coefficient (Wildman–Crippen LogP) is 0.509. The van der Waals surface area contributed by atoms with Crippen LogP contribution in [0.15, 0.2) is 0 Å². The topological polar surface area (TPSA) is 95.9 Å². The van der Waals surface area contributed by atoms with Crippen LogP contribution in [0.1, 0.15) is 14.9 Å². The Morgan fingerprint density at radius 2 is 1.75 bits per heavy atom. The fraction of sp³-hybridized carbons (Fsp3) is 0.875. The van der Waals surface area contributed by atoms with Crippen molar-refractivity contribution < 1.29 is 32.9 Å². The van der Waals surface area contributed by atoms with Gasteiger partial charge < -0.3 is 19.0 Å². The molecule has 0 fully saturated rings. The molecule has 0 aromatic carbocycles. The van der Waals surface area contributed by atoms with Gasteiger partial charge in [-0.15, -0.1) is 0 Å². The highest BCUT2D eigenvalue weighted by molar-refractivity contribution is 7.45. The van der Waals surface area contributed by atoms with E-state index in [2.05, 4.69) is 9.05 Å². The van der Waals surface area contributed by atoms with E-state index in [1.54, 1.807) is 21.1 Å². The number of carboxylic acids is 1. The second-order valence-electron chi connectivity index (χ2n) is 3.66. The normalized spacial score (nSPS) is 14.2. The molecular weight excluding hydrogens is 237 g/mol. The molecule has 0 radical (unpaired) electrons. The molecule has 0 saturated carbocycles. The molecule has 100 valence electrons. The fourth-order valence-corrected chi connectivity index (χ4v) is 1.25. The Labute approximate surface area is 96.8 Å². The maximum Gasteiger partial charge on any atom is 0.330 e. The van der Waals surface area contributed by atoms with Gasteiger partial charge in [0, 0.05) is 0 Å². The molecule has 0 aromatic heterocycles. The van der Waals surface area contributed by atoms with Crippen LogP contribution in [0.25, 0.3) is 0 Å². The monoisotopic (exact) mass is 259 g/mol. The molecule has 0 aliphatic carbocycles. The van der Waals surface area contributed by atoms with Crippen molar-refractivity contribution in [1.29, 1.82) is 0 Å². The van der Waals surface area contributed by atoms with Gasteiger partial charge in [0.25, 0.3) is 7.82 Å². The van der Waals surface area contributed by atoms with E-state index in [4.69, 9.17) is 5.11 Å². The van der Waals surface area contributed by atoms with Crippen molar-refractivity contribution in [3.05, 3.63) is 0 Å². The number of carboxylic acid groups (broad SMARTS) is 1. The number of nitrogens with zero attached hydrogens (tertiary/aromatic N) is 1. The van der Waals surface area contributed by atoms with Gasteiger partial charge in [0.05, 0.1) is 21.1 Å². The maximum atomic E-state index is 10.9. The van der Waals surface area contributed by atoms with Crippen LogP contribution in [0.2, 0.25) is 0 Å². The number of quaternary nitrogens is 1. The molecule has 7 nitrogen and oxygen atoms in total. The Balaban J connectivity index is -0.000000845. The number of hydrogen-bond donors (Lipinski definition) is 1. The van der Waals surface area contributed by atoms with Crippen LogP contribution >= 0.6 is 7.82 Å². The number of aliphatic carboxylic acids is 1. The van der Waals surface area contributed by atoms with Crippen molar-refractivity contribution in [1.82, 2.24) is 0 Å². The Kier molecular flexibility index (Phi) is 10.1. The van der Waals surface area contributed by atoms with Crippen molar-refractivity contribution in [2.24, 2.45) is 0 Å². The van der Waals surface area contributed by atoms with Crippen molar-refractivity contribution in [3.63, 3.8) is 0 Å². The van der Waals surface area contributed by atoms with Gasteiger partial charge in [-0.1, -0.05) is 14.9 Å². The van der Waals surface area contributed by atoms with Crippen LogP contribution in [0.4, 0.5) is 0 Å². The maximum absolute atomic E-state index is 10.9. The Morgan fingerprint density at radius 3 is 2.06 bits per heavy atom. The minimum absolute atomic E-state index is 0. The summed E-state index contributed by atoms with van der Waals surface area (Å²) in [6, 6.07) is 0. The summed E-state index contributed by atoms with van der Waals surface area (Å²) in [5, 5.41) is 8.16. The number of carbonyl (C=O) groups is 1. The Bertz CT molecular complexity index is 249. The largest absolute Gasteiger partial charge is 0.756 e. The van der Waals surface area contributed by atoms with E-state index in [1.807, 2.05) is 0 Å². The molecule has 0 aliphatic rings. The smallest absolute Gasteiger partial charge is 0.330 e. The molecule has 8 heteroatoms. The van der Waals surface area contributed by atoms with E-state index in [9.17, 15) is 14.3 Å². The van der Waals surface area contributed by atoms with E-state index < -0.39 is 20.4 Å². The lowest BCUT2D eigenvalue weighted by Gasteiger charge is -2.28. The van der Waals surface area contributed by atoms with Gasteiger partial charge in [-0.05, 0) is 0 Å². The highest BCUT2D eigenvalue weighted by atomic mass is 31.2. The Hall–Kier alpha value is -0.460. The summed E-state index contributed by atoms with van der Waals surface area (Å²) in [5.41, 5.74) is 0. The predicted molar refractivity (Wildman–Crippen MR) is 58.6 cm³/mol. The molecule has 0 spiro atoms. The highest BCUT2D eigenvalue weighted by Gasteiger charge is 2.16. The van der Waals surface area contributed by atoms with Crippen LogP contribution < -0.4 is 4.89 Å². The molecule has 1 atom stereocenters. The van der Waals surface area contributed by atoms with Crippen LogP contribution in [0, 0.1) is 0 Å². The molecule has 1 unspecified atom stereocenters. The van der Waals surface area contributed by atoms with Crippen molar-refractivity contribution >= 4 is 13.8 Å². The lowest BCUT2D eigenvalue weighted by molar-refractivity contribution is -0.887. The summed E-state index contributed by atoms with van der Waals surface area (Å²) < 4.78 is 19.6. The lowest BCUT2D eigenvalue weighted by Crippen LogP contribution is -2.37. The molecule has 1 N–H and O–H groups in total. The number of rotatable bonds is 6. The average molecular weight is 259 g/mol. The zero-order chi connectivity index (χ0) is 11.4. The molecule has 0 aromatic rings. The third kappa shape index (κ3) is 13.5. The minimum atomic E-state index is -4.49. The summed E-state index contributed by atoms with van der Waals surface area (Å²) in [5.74, 6) is -1.37.